The van der Waals surface area contributed by atoms with E-state index in [1.807, 2.05) is 0 Å². The monoisotopic (exact) mass is 329 g/mol. The standard InChI is InChI=1S/C13H16BrNO4/c1-13(2,12(16)17-3)11(15)7-4-9-10(5-8(7)14)19-6-18-9/h4-5,11H,6,15H2,1-3H3/t11-/m1/s1. The summed E-state index contributed by atoms with van der Waals surface area (Å²) in [5.74, 6) is 0.942. The summed E-state index contributed by atoms with van der Waals surface area (Å²) in [7, 11) is 1.35. The van der Waals surface area contributed by atoms with Crippen molar-refractivity contribution in [2.75, 3.05) is 13.9 Å². The molecule has 2 rings (SSSR count). The predicted octanol–water partition coefficient (Wildman–Crippen LogP) is 2.38. The Hall–Kier alpha value is -1.27. The first-order valence-corrected chi connectivity index (χ1v) is 6.60. The number of nitrogens with two attached hydrogens (primary N) is 1. The Morgan fingerprint density at radius 2 is 2.00 bits per heavy atom. The van der Waals surface area contributed by atoms with Gasteiger partial charge in [-0.3, -0.25) is 4.79 Å². The molecule has 0 spiro atoms. The minimum atomic E-state index is -0.842. The van der Waals surface area contributed by atoms with Crippen molar-refractivity contribution < 1.29 is 19.0 Å². The molecule has 0 aromatic heterocycles. The maximum Gasteiger partial charge on any atom is 0.313 e. The van der Waals surface area contributed by atoms with Crippen molar-refractivity contribution in [1.82, 2.24) is 0 Å². The van der Waals surface area contributed by atoms with Crippen molar-refractivity contribution in [1.29, 1.82) is 0 Å². The van der Waals surface area contributed by atoms with Gasteiger partial charge in [0.1, 0.15) is 0 Å². The first-order valence-electron chi connectivity index (χ1n) is 5.81. The lowest BCUT2D eigenvalue weighted by molar-refractivity contribution is -0.152. The first-order chi connectivity index (χ1) is 8.87. The molecule has 0 bridgehead atoms. The molecule has 1 aliphatic heterocycles. The van der Waals surface area contributed by atoms with E-state index in [1.165, 1.54) is 7.11 Å². The molecule has 0 fully saturated rings. The van der Waals surface area contributed by atoms with Crippen LogP contribution in [0.1, 0.15) is 25.5 Å². The third kappa shape index (κ3) is 2.42. The molecule has 0 radical (unpaired) electrons. The van der Waals surface area contributed by atoms with Gasteiger partial charge >= 0.3 is 5.97 Å². The van der Waals surface area contributed by atoms with Crippen molar-refractivity contribution in [3.63, 3.8) is 0 Å². The number of benzene rings is 1. The third-order valence-electron chi connectivity index (χ3n) is 3.32. The third-order valence-corrected chi connectivity index (χ3v) is 4.00. The molecule has 1 atom stereocenters. The van der Waals surface area contributed by atoms with Crippen LogP contribution in [0.25, 0.3) is 0 Å². The minimum absolute atomic E-state index is 0.195. The van der Waals surface area contributed by atoms with E-state index in [9.17, 15) is 4.79 Å². The largest absolute Gasteiger partial charge is 0.469 e. The number of carbonyl (C=O) groups is 1. The van der Waals surface area contributed by atoms with Crippen molar-refractivity contribution in [3.05, 3.63) is 22.2 Å². The quantitative estimate of drug-likeness (QED) is 0.862. The maximum atomic E-state index is 11.8. The highest BCUT2D eigenvalue weighted by atomic mass is 79.9. The van der Waals surface area contributed by atoms with Crippen molar-refractivity contribution >= 4 is 21.9 Å². The second-order valence-electron chi connectivity index (χ2n) is 4.92. The number of carbonyl (C=O) groups excluding carboxylic acids is 1. The van der Waals surface area contributed by atoms with Crippen LogP contribution in [0, 0.1) is 5.41 Å². The molecule has 0 saturated heterocycles. The van der Waals surface area contributed by atoms with Crippen LogP contribution in [0.5, 0.6) is 11.5 Å². The molecule has 19 heavy (non-hydrogen) atoms. The van der Waals surface area contributed by atoms with Gasteiger partial charge < -0.3 is 19.9 Å². The summed E-state index contributed by atoms with van der Waals surface area (Å²) in [6.45, 7) is 3.70. The Bertz CT molecular complexity index is 516. The molecule has 1 aromatic carbocycles. The summed E-state index contributed by atoms with van der Waals surface area (Å²) in [5.41, 5.74) is 6.15. The summed E-state index contributed by atoms with van der Waals surface area (Å²) >= 11 is 3.45. The van der Waals surface area contributed by atoms with E-state index < -0.39 is 11.5 Å². The molecule has 6 heteroatoms. The van der Waals surface area contributed by atoms with Crippen LogP contribution in [0.3, 0.4) is 0 Å². The number of ether oxygens (including phenoxy) is 3. The van der Waals surface area contributed by atoms with E-state index in [-0.39, 0.29) is 12.8 Å². The number of rotatable bonds is 3. The zero-order valence-corrected chi connectivity index (χ0v) is 12.6. The first kappa shape index (κ1) is 14.1. The fourth-order valence-electron chi connectivity index (χ4n) is 1.95. The molecular weight excluding hydrogens is 314 g/mol. The van der Waals surface area contributed by atoms with E-state index >= 15 is 0 Å². The van der Waals surface area contributed by atoms with E-state index in [2.05, 4.69) is 15.9 Å². The van der Waals surface area contributed by atoms with E-state index in [1.54, 1.807) is 26.0 Å². The predicted molar refractivity (Wildman–Crippen MR) is 73.0 cm³/mol. The van der Waals surface area contributed by atoms with Crippen LogP contribution in [0.2, 0.25) is 0 Å². The molecule has 1 heterocycles. The average molecular weight is 330 g/mol. The van der Waals surface area contributed by atoms with Gasteiger partial charge in [0.05, 0.1) is 12.5 Å². The number of hydrogen-bond acceptors (Lipinski definition) is 5. The van der Waals surface area contributed by atoms with Crippen LogP contribution in [0.15, 0.2) is 16.6 Å². The van der Waals surface area contributed by atoms with Crippen molar-refractivity contribution in [2.24, 2.45) is 11.1 Å². The van der Waals surface area contributed by atoms with Gasteiger partial charge in [-0.05, 0) is 31.5 Å². The SMILES string of the molecule is COC(=O)C(C)(C)[C@H](N)c1cc2c(cc1Br)OCO2. The lowest BCUT2D eigenvalue weighted by Gasteiger charge is -2.29. The Kier molecular flexibility index (Phi) is 3.73. The Labute approximate surface area is 120 Å². The average Bonchev–Trinajstić information content (AvgIpc) is 2.82. The summed E-state index contributed by atoms with van der Waals surface area (Å²) in [6, 6.07) is 3.07. The van der Waals surface area contributed by atoms with Gasteiger partial charge in [-0.15, -0.1) is 0 Å². The van der Waals surface area contributed by atoms with E-state index in [0.29, 0.717) is 11.5 Å². The zero-order chi connectivity index (χ0) is 14.2. The van der Waals surface area contributed by atoms with Crippen molar-refractivity contribution in [3.8, 4) is 11.5 Å². The highest BCUT2D eigenvalue weighted by molar-refractivity contribution is 9.10. The van der Waals surface area contributed by atoms with Gasteiger partial charge in [0.15, 0.2) is 11.5 Å². The summed E-state index contributed by atoms with van der Waals surface area (Å²) in [5, 5.41) is 0. The normalized spacial score (nSPS) is 15.2. The van der Waals surface area contributed by atoms with Crippen LogP contribution in [0.4, 0.5) is 0 Å². The second-order valence-corrected chi connectivity index (χ2v) is 5.77. The summed E-state index contributed by atoms with van der Waals surface area (Å²) in [4.78, 5) is 11.8. The molecule has 0 saturated carbocycles. The topological polar surface area (TPSA) is 70.8 Å². The van der Waals surface area contributed by atoms with Gasteiger partial charge in [-0.25, -0.2) is 0 Å². The maximum absolute atomic E-state index is 11.8. The highest BCUT2D eigenvalue weighted by Crippen LogP contribution is 2.42. The Morgan fingerprint density at radius 1 is 1.42 bits per heavy atom. The van der Waals surface area contributed by atoms with Crippen molar-refractivity contribution in [2.45, 2.75) is 19.9 Å². The fraction of sp³-hybridized carbons (Fsp3) is 0.462. The zero-order valence-electron chi connectivity index (χ0n) is 11.0. The smallest absolute Gasteiger partial charge is 0.313 e. The van der Waals surface area contributed by atoms with Crippen LogP contribution in [-0.4, -0.2) is 19.9 Å². The van der Waals surface area contributed by atoms with Gasteiger partial charge in [0, 0.05) is 10.5 Å². The molecule has 104 valence electrons. The minimum Gasteiger partial charge on any atom is -0.469 e. The van der Waals surface area contributed by atoms with Crippen LogP contribution in [-0.2, 0) is 9.53 Å². The molecule has 0 aliphatic carbocycles. The number of hydrogen-bond donors (Lipinski definition) is 1. The molecule has 0 amide bonds. The second kappa shape index (κ2) is 5.02. The Balaban J connectivity index is 2.39. The summed E-state index contributed by atoms with van der Waals surface area (Å²) < 4.78 is 16.2. The van der Waals surface area contributed by atoms with Crippen LogP contribution >= 0.6 is 15.9 Å². The summed E-state index contributed by atoms with van der Waals surface area (Å²) in [6.07, 6.45) is 0. The van der Waals surface area contributed by atoms with Gasteiger partial charge in [-0.1, -0.05) is 15.9 Å². The van der Waals surface area contributed by atoms with Crippen LogP contribution < -0.4 is 15.2 Å². The lowest BCUT2D eigenvalue weighted by Crippen LogP contribution is -2.37. The molecule has 2 N–H and O–H groups in total. The number of halogens is 1. The fourth-order valence-corrected chi connectivity index (χ4v) is 2.52. The lowest BCUT2D eigenvalue weighted by atomic mass is 9.81. The van der Waals surface area contributed by atoms with Gasteiger partial charge in [0.2, 0.25) is 6.79 Å². The molecule has 1 aliphatic rings. The van der Waals surface area contributed by atoms with E-state index in [0.717, 1.165) is 10.0 Å². The molecule has 5 nitrogen and oxygen atoms in total. The number of esters is 1. The highest BCUT2D eigenvalue weighted by Gasteiger charge is 2.38. The number of methoxy groups -OCH3 is 1. The molecule has 1 aromatic rings. The molecule has 0 unspecified atom stereocenters. The van der Waals surface area contributed by atoms with Gasteiger partial charge in [0.25, 0.3) is 0 Å². The number of fused-ring (bicyclic) bond motifs is 1. The van der Waals surface area contributed by atoms with E-state index in [4.69, 9.17) is 19.9 Å². The molecular formula is C13H16BrNO4. The Morgan fingerprint density at radius 3 is 2.58 bits per heavy atom. The van der Waals surface area contributed by atoms with Gasteiger partial charge in [-0.2, -0.15) is 0 Å².